The van der Waals surface area contributed by atoms with E-state index in [9.17, 15) is 0 Å². The second kappa shape index (κ2) is 10.3. The monoisotopic (exact) mass is 518 g/mol. The molecule has 0 radical (unpaired) electrons. The Labute approximate surface area is 222 Å². The van der Waals surface area contributed by atoms with Gasteiger partial charge in [0.15, 0.2) is 0 Å². The number of pyridine rings is 1. The zero-order valence-electron chi connectivity index (χ0n) is 21.7. The molecular weight excluding hydrogens is 488 g/mol. The molecule has 1 aliphatic rings. The summed E-state index contributed by atoms with van der Waals surface area (Å²) in [5, 5.41) is 5.14. The molecule has 1 N–H and O–H groups in total. The van der Waals surface area contributed by atoms with E-state index in [0.717, 1.165) is 53.4 Å². The van der Waals surface area contributed by atoms with Gasteiger partial charge >= 0.3 is 0 Å². The van der Waals surface area contributed by atoms with Crippen molar-refractivity contribution in [1.29, 1.82) is 0 Å². The molecule has 1 fully saturated rings. The Morgan fingerprint density at radius 1 is 0.892 bits per heavy atom. The van der Waals surface area contributed by atoms with Crippen LogP contribution in [-0.2, 0) is 0 Å². The lowest BCUT2D eigenvalue weighted by atomic mass is 10.1. The van der Waals surface area contributed by atoms with Gasteiger partial charge in [0.25, 0.3) is 0 Å². The number of ether oxygens (including phenoxy) is 2. The molecule has 0 aliphatic carbocycles. The summed E-state index contributed by atoms with van der Waals surface area (Å²) in [6.45, 7) is 8.81. The van der Waals surface area contributed by atoms with Gasteiger partial charge in [-0.3, -0.25) is 4.98 Å². The maximum atomic E-state index is 6.24. The number of nitrogens with one attached hydrogen (secondary N) is 1. The molecule has 0 amide bonds. The van der Waals surface area contributed by atoms with Crippen molar-refractivity contribution in [3.8, 4) is 11.5 Å². The molecule has 4 aromatic rings. The highest BCUT2D eigenvalue weighted by Gasteiger charge is 2.27. The molecule has 1 atom stereocenters. The zero-order valence-corrected chi connectivity index (χ0v) is 22.5. The molecule has 37 heavy (non-hydrogen) atoms. The molecule has 2 aromatic carbocycles. The molecule has 0 spiro atoms. The summed E-state index contributed by atoms with van der Waals surface area (Å²) < 4.78 is 10.8. The number of fused-ring (bicyclic) bond motifs is 1. The van der Waals surface area contributed by atoms with Crippen molar-refractivity contribution in [1.82, 2.24) is 15.0 Å². The van der Waals surface area contributed by atoms with Crippen LogP contribution in [0.5, 0.6) is 11.5 Å². The second-order valence-electron chi connectivity index (χ2n) is 9.35. The number of hydrogen-bond acceptors (Lipinski definition) is 8. The standard InChI is InChI=1S/C28H31ClN6O2/c1-17-10-26(24-7-6-20(29)12-25(24)30-17)34-8-9-35(19(3)16-34)27-11-18(2)31-28(33-27)32-21-13-22(36-4)15-23(14-21)37-5/h6-7,10-15,19H,8-9,16H2,1-5H3,(H,31,32,33). The highest BCUT2D eigenvalue weighted by Crippen LogP contribution is 2.32. The smallest absolute Gasteiger partial charge is 0.229 e. The SMILES string of the molecule is COc1cc(Nc2nc(C)cc(N3CCN(c4cc(C)nc5cc(Cl)ccc45)CC3C)n2)cc(OC)c1. The van der Waals surface area contributed by atoms with Crippen LogP contribution in [0.2, 0.25) is 5.02 Å². The van der Waals surface area contributed by atoms with Crippen molar-refractivity contribution in [2.75, 3.05) is 49.0 Å². The number of halogens is 1. The molecule has 0 bridgehead atoms. The summed E-state index contributed by atoms with van der Waals surface area (Å²) in [5.41, 5.74) is 4.79. The highest BCUT2D eigenvalue weighted by atomic mass is 35.5. The molecule has 1 aliphatic heterocycles. The van der Waals surface area contributed by atoms with Gasteiger partial charge in [-0.15, -0.1) is 0 Å². The minimum Gasteiger partial charge on any atom is -0.497 e. The first-order valence-electron chi connectivity index (χ1n) is 12.3. The lowest BCUT2D eigenvalue weighted by Crippen LogP contribution is -2.52. The van der Waals surface area contributed by atoms with Crippen LogP contribution >= 0.6 is 11.6 Å². The summed E-state index contributed by atoms with van der Waals surface area (Å²) in [5.74, 6) is 2.83. The quantitative estimate of drug-likeness (QED) is 0.345. The van der Waals surface area contributed by atoms with E-state index in [4.69, 9.17) is 26.1 Å². The van der Waals surface area contributed by atoms with Crippen molar-refractivity contribution in [3.63, 3.8) is 0 Å². The maximum Gasteiger partial charge on any atom is 0.229 e. The van der Waals surface area contributed by atoms with Crippen LogP contribution in [0.3, 0.4) is 0 Å². The number of aryl methyl sites for hydroxylation is 2. The third-order valence-electron chi connectivity index (χ3n) is 6.59. The first-order chi connectivity index (χ1) is 17.8. The summed E-state index contributed by atoms with van der Waals surface area (Å²) in [6, 6.07) is 16.0. The van der Waals surface area contributed by atoms with Gasteiger partial charge in [0, 0.05) is 83.1 Å². The van der Waals surface area contributed by atoms with Gasteiger partial charge in [0.2, 0.25) is 5.95 Å². The van der Waals surface area contributed by atoms with Gasteiger partial charge in [-0.1, -0.05) is 11.6 Å². The zero-order chi connectivity index (χ0) is 26.1. The van der Waals surface area contributed by atoms with Crippen molar-refractivity contribution < 1.29 is 9.47 Å². The number of rotatable bonds is 6. The third kappa shape index (κ3) is 5.34. The van der Waals surface area contributed by atoms with Gasteiger partial charge in [-0.25, -0.2) is 4.98 Å². The first-order valence-corrected chi connectivity index (χ1v) is 12.6. The van der Waals surface area contributed by atoms with Crippen LogP contribution in [0.25, 0.3) is 10.9 Å². The molecule has 5 rings (SSSR count). The third-order valence-corrected chi connectivity index (χ3v) is 6.82. The molecule has 192 valence electrons. The number of nitrogens with zero attached hydrogens (tertiary/aromatic N) is 5. The minimum absolute atomic E-state index is 0.239. The first kappa shape index (κ1) is 24.9. The predicted octanol–water partition coefficient (Wildman–Crippen LogP) is 5.77. The van der Waals surface area contributed by atoms with Crippen molar-refractivity contribution in [3.05, 3.63) is 64.9 Å². The number of methoxy groups -OCH3 is 2. The van der Waals surface area contributed by atoms with Crippen LogP contribution in [0.4, 0.5) is 23.1 Å². The summed E-state index contributed by atoms with van der Waals surface area (Å²) in [4.78, 5) is 18.9. The Kier molecular flexibility index (Phi) is 6.93. The van der Waals surface area contributed by atoms with E-state index in [2.05, 4.69) is 44.1 Å². The fraction of sp³-hybridized carbons (Fsp3) is 0.321. The molecule has 9 heteroatoms. The molecule has 8 nitrogen and oxygen atoms in total. The van der Waals surface area contributed by atoms with Crippen molar-refractivity contribution in [2.24, 2.45) is 0 Å². The highest BCUT2D eigenvalue weighted by molar-refractivity contribution is 6.31. The van der Waals surface area contributed by atoms with E-state index in [1.807, 2.05) is 50.2 Å². The van der Waals surface area contributed by atoms with Gasteiger partial charge in [0.1, 0.15) is 17.3 Å². The Hall–Kier alpha value is -3.78. The van der Waals surface area contributed by atoms with E-state index in [-0.39, 0.29) is 6.04 Å². The Morgan fingerprint density at radius 3 is 2.32 bits per heavy atom. The molecule has 1 unspecified atom stereocenters. The average Bonchev–Trinajstić information content (AvgIpc) is 2.87. The summed E-state index contributed by atoms with van der Waals surface area (Å²) in [6.07, 6.45) is 0. The van der Waals surface area contributed by atoms with Crippen molar-refractivity contribution in [2.45, 2.75) is 26.8 Å². The second-order valence-corrected chi connectivity index (χ2v) is 9.79. The molecule has 2 aromatic heterocycles. The van der Waals surface area contributed by atoms with E-state index in [1.165, 1.54) is 5.69 Å². The lowest BCUT2D eigenvalue weighted by Gasteiger charge is -2.42. The van der Waals surface area contributed by atoms with Gasteiger partial charge in [0.05, 0.1) is 19.7 Å². The number of anilines is 4. The Bertz CT molecular complexity index is 1420. The average molecular weight is 519 g/mol. The van der Waals surface area contributed by atoms with Crippen LogP contribution in [0.15, 0.2) is 48.5 Å². The molecule has 0 saturated carbocycles. The summed E-state index contributed by atoms with van der Waals surface area (Å²) in [7, 11) is 3.26. The van der Waals surface area contributed by atoms with Crippen LogP contribution in [0, 0.1) is 13.8 Å². The number of piperazine rings is 1. The fourth-order valence-corrected chi connectivity index (χ4v) is 5.02. The minimum atomic E-state index is 0.239. The number of benzene rings is 2. The van der Waals surface area contributed by atoms with Crippen LogP contribution in [-0.4, -0.2) is 54.8 Å². The molecule has 3 heterocycles. The van der Waals surface area contributed by atoms with Crippen LogP contribution in [0.1, 0.15) is 18.3 Å². The maximum absolute atomic E-state index is 6.24. The Morgan fingerprint density at radius 2 is 1.62 bits per heavy atom. The van der Waals surface area contributed by atoms with Crippen LogP contribution < -0.4 is 24.6 Å². The fourth-order valence-electron chi connectivity index (χ4n) is 4.85. The van der Waals surface area contributed by atoms with Gasteiger partial charge in [-0.2, -0.15) is 4.98 Å². The number of hydrogen-bond donors (Lipinski definition) is 1. The van der Waals surface area contributed by atoms with E-state index in [0.29, 0.717) is 22.5 Å². The van der Waals surface area contributed by atoms with Crippen molar-refractivity contribution >= 4 is 45.6 Å². The van der Waals surface area contributed by atoms with E-state index in [1.54, 1.807) is 14.2 Å². The topological polar surface area (TPSA) is 75.6 Å². The largest absolute Gasteiger partial charge is 0.497 e. The molecular formula is C28H31ClN6O2. The van der Waals surface area contributed by atoms with E-state index < -0.39 is 0 Å². The predicted molar refractivity (Wildman–Crippen MR) is 150 cm³/mol. The van der Waals surface area contributed by atoms with E-state index >= 15 is 0 Å². The molecule has 1 saturated heterocycles. The van der Waals surface area contributed by atoms with Gasteiger partial charge in [-0.05, 0) is 45.0 Å². The summed E-state index contributed by atoms with van der Waals surface area (Å²) >= 11 is 6.24. The number of aromatic nitrogens is 3. The van der Waals surface area contributed by atoms with Gasteiger partial charge < -0.3 is 24.6 Å². The lowest BCUT2D eigenvalue weighted by molar-refractivity contribution is 0.395. The normalized spacial score (nSPS) is 15.7. The Balaban J connectivity index is 1.38.